The monoisotopic (exact) mass is 377 g/mol. The fraction of sp³-hybridized carbons (Fsp3) is 0.158. The van der Waals surface area contributed by atoms with Gasteiger partial charge in [0.2, 0.25) is 0 Å². The van der Waals surface area contributed by atoms with Crippen LogP contribution in [-0.4, -0.2) is 26.0 Å². The average molecular weight is 377 g/mol. The standard InChI is InChI=1S/C19H15N5S2/c1-11-10-14(22-21-11)17-16(13-6-4-3-5-7-13)20-18(26-17)15-12(2)23-24-8-9-25-19(15)24/h3-9H,10H2,1-2H3. The molecule has 1 aromatic carbocycles. The summed E-state index contributed by atoms with van der Waals surface area (Å²) < 4.78 is 1.93. The summed E-state index contributed by atoms with van der Waals surface area (Å²) in [5, 5.41) is 16.3. The molecule has 1 aliphatic heterocycles. The first-order valence-corrected chi connectivity index (χ1v) is 10.00. The first-order valence-electron chi connectivity index (χ1n) is 8.30. The van der Waals surface area contributed by atoms with Crippen molar-refractivity contribution < 1.29 is 0 Å². The summed E-state index contributed by atoms with van der Waals surface area (Å²) >= 11 is 3.37. The first kappa shape index (κ1) is 15.6. The van der Waals surface area contributed by atoms with E-state index < -0.39 is 0 Å². The Hall–Kier alpha value is -2.64. The molecule has 4 aromatic rings. The van der Waals surface area contributed by atoms with Gasteiger partial charge >= 0.3 is 0 Å². The molecule has 26 heavy (non-hydrogen) atoms. The quantitative estimate of drug-likeness (QED) is 0.501. The van der Waals surface area contributed by atoms with Gasteiger partial charge in [-0.3, -0.25) is 0 Å². The molecule has 0 N–H and O–H groups in total. The zero-order chi connectivity index (χ0) is 17.7. The second-order valence-electron chi connectivity index (χ2n) is 6.23. The third-order valence-corrected chi connectivity index (χ3v) is 6.33. The Morgan fingerprint density at radius 2 is 1.92 bits per heavy atom. The Labute approximate surface area is 158 Å². The van der Waals surface area contributed by atoms with Crippen LogP contribution < -0.4 is 0 Å². The molecule has 5 rings (SSSR count). The average Bonchev–Trinajstić information content (AvgIpc) is 3.39. The lowest BCUT2D eigenvalue weighted by Crippen LogP contribution is -2.00. The Morgan fingerprint density at radius 3 is 2.69 bits per heavy atom. The van der Waals surface area contributed by atoms with Crippen LogP contribution in [-0.2, 0) is 0 Å². The smallest absolute Gasteiger partial charge is 0.129 e. The summed E-state index contributed by atoms with van der Waals surface area (Å²) in [5.74, 6) is 0. The number of thiazole rings is 2. The van der Waals surface area contributed by atoms with Gasteiger partial charge < -0.3 is 0 Å². The molecule has 0 spiro atoms. The number of nitrogens with zero attached hydrogens (tertiary/aromatic N) is 5. The molecule has 7 heteroatoms. The van der Waals surface area contributed by atoms with Crippen LogP contribution in [0.1, 0.15) is 23.9 Å². The van der Waals surface area contributed by atoms with Gasteiger partial charge in [-0.05, 0) is 13.8 Å². The lowest BCUT2D eigenvalue weighted by atomic mass is 10.1. The molecule has 0 bridgehead atoms. The minimum Gasteiger partial charge on any atom is -0.235 e. The number of hydrogen-bond acceptors (Lipinski definition) is 6. The van der Waals surface area contributed by atoms with E-state index in [1.165, 1.54) is 0 Å². The molecule has 0 radical (unpaired) electrons. The Morgan fingerprint density at radius 1 is 1.08 bits per heavy atom. The van der Waals surface area contributed by atoms with Crippen molar-refractivity contribution in [1.29, 1.82) is 0 Å². The first-order chi connectivity index (χ1) is 12.7. The van der Waals surface area contributed by atoms with Crippen molar-refractivity contribution in [2.45, 2.75) is 20.3 Å². The molecule has 0 saturated heterocycles. The molecular formula is C19H15N5S2. The van der Waals surface area contributed by atoms with E-state index in [2.05, 4.69) is 32.8 Å². The van der Waals surface area contributed by atoms with Crippen molar-refractivity contribution in [2.75, 3.05) is 0 Å². The minimum absolute atomic E-state index is 0.781. The van der Waals surface area contributed by atoms with E-state index in [1.54, 1.807) is 22.7 Å². The molecule has 128 valence electrons. The van der Waals surface area contributed by atoms with Crippen molar-refractivity contribution in [3.63, 3.8) is 0 Å². The number of fused-ring (bicyclic) bond motifs is 1. The van der Waals surface area contributed by atoms with Gasteiger partial charge in [-0.15, -0.1) is 22.7 Å². The lowest BCUT2D eigenvalue weighted by Gasteiger charge is -2.01. The van der Waals surface area contributed by atoms with Crippen LogP contribution >= 0.6 is 22.7 Å². The third-order valence-electron chi connectivity index (χ3n) is 4.34. The van der Waals surface area contributed by atoms with Crippen molar-refractivity contribution in [3.05, 3.63) is 52.5 Å². The molecule has 0 fully saturated rings. The van der Waals surface area contributed by atoms with Crippen molar-refractivity contribution >= 4 is 38.9 Å². The van der Waals surface area contributed by atoms with Gasteiger partial charge in [0, 0.05) is 29.3 Å². The summed E-state index contributed by atoms with van der Waals surface area (Å²) in [7, 11) is 0. The molecule has 1 aliphatic rings. The van der Waals surface area contributed by atoms with Crippen molar-refractivity contribution in [2.24, 2.45) is 10.2 Å². The SMILES string of the molecule is CC1=NN=C(c2sc(-c3c(C)nn4ccsc34)nc2-c2ccccc2)C1. The van der Waals surface area contributed by atoms with E-state index in [-0.39, 0.29) is 0 Å². The van der Waals surface area contributed by atoms with Gasteiger partial charge in [0.05, 0.1) is 27.5 Å². The Balaban J connectivity index is 1.72. The number of aromatic nitrogens is 3. The number of rotatable bonds is 3. The molecule has 5 nitrogen and oxygen atoms in total. The second-order valence-corrected chi connectivity index (χ2v) is 8.13. The van der Waals surface area contributed by atoms with Crippen LogP contribution in [0.2, 0.25) is 0 Å². The van der Waals surface area contributed by atoms with E-state index >= 15 is 0 Å². The van der Waals surface area contributed by atoms with E-state index in [0.29, 0.717) is 0 Å². The molecular weight excluding hydrogens is 362 g/mol. The van der Waals surface area contributed by atoms with E-state index in [4.69, 9.17) is 4.98 Å². The Bertz CT molecular complexity index is 1180. The maximum atomic E-state index is 5.02. The predicted octanol–water partition coefficient (Wildman–Crippen LogP) is 5.06. The zero-order valence-corrected chi connectivity index (χ0v) is 15.9. The van der Waals surface area contributed by atoms with Crippen LogP contribution in [0.5, 0.6) is 0 Å². The highest BCUT2D eigenvalue weighted by Crippen LogP contribution is 2.39. The highest BCUT2D eigenvalue weighted by molar-refractivity contribution is 7.19. The van der Waals surface area contributed by atoms with Crippen LogP contribution in [0, 0.1) is 6.92 Å². The molecule has 0 unspecified atom stereocenters. The Kier molecular flexibility index (Phi) is 3.58. The third kappa shape index (κ3) is 2.43. The van der Waals surface area contributed by atoms with Crippen molar-refractivity contribution in [1.82, 2.24) is 14.6 Å². The highest BCUT2D eigenvalue weighted by atomic mass is 32.1. The van der Waals surface area contributed by atoms with Gasteiger partial charge in [-0.2, -0.15) is 15.3 Å². The molecule has 0 amide bonds. The fourth-order valence-corrected chi connectivity index (χ4v) is 5.25. The highest BCUT2D eigenvalue weighted by Gasteiger charge is 2.24. The molecule has 0 aliphatic carbocycles. The largest absolute Gasteiger partial charge is 0.235 e. The lowest BCUT2D eigenvalue weighted by molar-refractivity contribution is 0.948. The second kappa shape index (κ2) is 5.96. The summed E-state index contributed by atoms with van der Waals surface area (Å²) in [5.41, 5.74) is 6.23. The number of benzene rings is 1. The summed E-state index contributed by atoms with van der Waals surface area (Å²) in [6.45, 7) is 4.05. The summed E-state index contributed by atoms with van der Waals surface area (Å²) in [6.07, 6.45) is 2.77. The predicted molar refractivity (Wildman–Crippen MR) is 109 cm³/mol. The molecule has 3 aromatic heterocycles. The van der Waals surface area contributed by atoms with Gasteiger partial charge in [0.25, 0.3) is 0 Å². The van der Waals surface area contributed by atoms with Gasteiger partial charge in [0.15, 0.2) is 0 Å². The number of aryl methyl sites for hydroxylation is 1. The van der Waals surface area contributed by atoms with Crippen LogP contribution in [0.4, 0.5) is 0 Å². The molecule has 4 heterocycles. The van der Waals surface area contributed by atoms with E-state index in [0.717, 1.165) is 55.1 Å². The van der Waals surface area contributed by atoms with Crippen molar-refractivity contribution in [3.8, 4) is 21.8 Å². The van der Waals surface area contributed by atoms with E-state index in [9.17, 15) is 0 Å². The molecule has 0 saturated carbocycles. The van der Waals surface area contributed by atoms with Gasteiger partial charge in [-0.1, -0.05) is 30.3 Å². The van der Waals surface area contributed by atoms with Crippen LogP contribution in [0.25, 0.3) is 26.7 Å². The van der Waals surface area contributed by atoms with Crippen LogP contribution in [0.3, 0.4) is 0 Å². The maximum absolute atomic E-state index is 5.02. The number of hydrogen-bond donors (Lipinski definition) is 0. The fourth-order valence-electron chi connectivity index (χ4n) is 3.14. The maximum Gasteiger partial charge on any atom is 0.129 e. The zero-order valence-electron chi connectivity index (χ0n) is 14.3. The summed E-state index contributed by atoms with van der Waals surface area (Å²) in [4.78, 5) is 7.25. The van der Waals surface area contributed by atoms with Gasteiger partial charge in [-0.25, -0.2) is 9.50 Å². The topological polar surface area (TPSA) is 54.9 Å². The molecule has 0 atom stereocenters. The van der Waals surface area contributed by atoms with Crippen LogP contribution in [0.15, 0.2) is 52.1 Å². The normalized spacial score (nSPS) is 14.1. The summed E-state index contributed by atoms with van der Waals surface area (Å²) in [6, 6.07) is 10.3. The van der Waals surface area contributed by atoms with Gasteiger partial charge in [0.1, 0.15) is 9.84 Å². The minimum atomic E-state index is 0.781. The van der Waals surface area contributed by atoms with E-state index in [1.807, 2.05) is 42.8 Å².